The van der Waals surface area contributed by atoms with Crippen LogP contribution in [0.25, 0.3) is 0 Å². The van der Waals surface area contributed by atoms with Gasteiger partial charge in [0.2, 0.25) is 5.91 Å². The van der Waals surface area contributed by atoms with E-state index in [0.717, 1.165) is 27.3 Å². The van der Waals surface area contributed by atoms with E-state index in [1.165, 1.54) is 5.56 Å². The van der Waals surface area contributed by atoms with Gasteiger partial charge in [-0.2, -0.15) is 0 Å². The van der Waals surface area contributed by atoms with Crippen LogP contribution >= 0.6 is 11.3 Å². The van der Waals surface area contributed by atoms with Crippen molar-refractivity contribution in [1.82, 2.24) is 4.90 Å². The van der Waals surface area contributed by atoms with Gasteiger partial charge < -0.3 is 10.2 Å². The first-order valence-corrected chi connectivity index (χ1v) is 10.2. The van der Waals surface area contributed by atoms with Crippen LogP contribution in [0.5, 0.6) is 0 Å². The van der Waals surface area contributed by atoms with Crippen molar-refractivity contribution in [2.75, 3.05) is 5.32 Å². The third-order valence-electron chi connectivity index (χ3n) is 5.27. The van der Waals surface area contributed by atoms with Crippen LogP contribution in [0.15, 0.2) is 60.0 Å². The molecule has 1 aromatic heterocycles. The summed E-state index contributed by atoms with van der Waals surface area (Å²) in [6.45, 7) is 4.61. The van der Waals surface area contributed by atoms with Crippen LogP contribution in [0.4, 0.5) is 5.69 Å². The third-order valence-corrected chi connectivity index (χ3v) is 6.24. The van der Waals surface area contributed by atoms with Crippen LogP contribution in [0.1, 0.15) is 44.4 Å². The fourth-order valence-electron chi connectivity index (χ4n) is 3.58. The number of fused-ring (bicyclic) bond motifs is 1. The van der Waals surface area contributed by atoms with E-state index in [9.17, 15) is 9.59 Å². The van der Waals surface area contributed by atoms with Crippen molar-refractivity contribution in [3.63, 3.8) is 0 Å². The van der Waals surface area contributed by atoms with Gasteiger partial charge in [0.05, 0.1) is 12.5 Å². The molecule has 0 radical (unpaired) electrons. The van der Waals surface area contributed by atoms with Gasteiger partial charge >= 0.3 is 0 Å². The summed E-state index contributed by atoms with van der Waals surface area (Å²) < 4.78 is 0. The zero-order chi connectivity index (χ0) is 19.7. The van der Waals surface area contributed by atoms with Gasteiger partial charge in [-0.05, 0) is 60.2 Å². The standard InChI is InChI=1S/C23H22N2O2S/c1-15-9-10-18(12-16(15)2)24-22(26)13-20(21-8-5-11-28-21)25-14-17-6-3-4-7-19(17)23(25)27/h3-12,20H,13-14H2,1-2H3,(H,24,26)/t20-/m1/s1. The molecule has 0 bridgehead atoms. The fraction of sp³-hybridized carbons (Fsp3) is 0.217. The van der Waals surface area contributed by atoms with Gasteiger partial charge in [-0.1, -0.05) is 30.3 Å². The molecule has 4 nitrogen and oxygen atoms in total. The average Bonchev–Trinajstić information content (AvgIpc) is 3.32. The second kappa shape index (κ2) is 7.60. The molecule has 1 atom stereocenters. The maximum Gasteiger partial charge on any atom is 0.255 e. The zero-order valence-corrected chi connectivity index (χ0v) is 16.8. The van der Waals surface area contributed by atoms with E-state index < -0.39 is 0 Å². The summed E-state index contributed by atoms with van der Waals surface area (Å²) in [4.78, 5) is 28.6. The van der Waals surface area contributed by atoms with Crippen LogP contribution in [0.3, 0.4) is 0 Å². The van der Waals surface area contributed by atoms with E-state index in [0.29, 0.717) is 6.54 Å². The SMILES string of the molecule is Cc1ccc(NC(=O)C[C@H](c2cccs2)N2Cc3ccccc3C2=O)cc1C. The minimum absolute atomic E-state index is 0.00650. The summed E-state index contributed by atoms with van der Waals surface area (Å²) in [6, 6.07) is 17.2. The lowest BCUT2D eigenvalue weighted by Gasteiger charge is -2.26. The van der Waals surface area contributed by atoms with Crippen LogP contribution < -0.4 is 5.32 Å². The molecule has 2 amide bonds. The molecular weight excluding hydrogens is 368 g/mol. The molecule has 2 aromatic carbocycles. The van der Waals surface area contributed by atoms with Gasteiger partial charge in [0.15, 0.2) is 0 Å². The molecule has 5 heteroatoms. The molecule has 142 valence electrons. The Hall–Kier alpha value is -2.92. The second-order valence-electron chi connectivity index (χ2n) is 7.17. The van der Waals surface area contributed by atoms with Crippen LogP contribution in [0, 0.1) is 13.8 Å². The molecule has 0 spiro atoms. The Morgan fingerprint density at radius 2 is 1.93 bits per heavy atom. The number of benzene rings is 2. The number of amides is 2. The minimum atomic E-state index is -0.272. The van der Waals surface area contributed by atoms with Crippen molar-refractivity contribution in [1.29, 1.82) is 0 Å². The molecule has 0 fully saturated rings. The van der Waals surface area contributed by atoms with Crippen LogP contribution in [-0.2, 0) is 11.3 Å². The Bertz CT molecular complexity index is 1030. The number of anilines is 1. The van der Waals surface area contributed by atoms with Crippen LogP contribution in [-0.4, -0.2) is 16.7 Å². The maximum atomic E-state index is 13.0. The maximum absolute atomic E-state index is 13.0. The summed E-state index contributed by atoms with van der Waals surface area (Å²) >= 11 is 1.58. The predicted molar refractivity (Wildman–Crippen MR) is 113 cm³/mol. The third kappa shape index (κ3) is 3.58. The Morgan fingerprint density at radius 1 is 1.11 bits per heavy atom. The highest BCUT2D eigenvalue weighted by atomic mass is 32.1. The van der Waals surface area contributed by atoms with Gasteiger partial charge in [-0.3, -0.25) is 9.59 Å². The highest BCUT2D eigenvalue weighted by Gasteiger charge is 2.34. The van der Waals surface area contributed by atoms with Gasteiger partial charge in [0.1, 0.15) is 0 Å². The highest BCUT2D eigenvalue weighted by molar-refractivity contribution is 7.10. The fourth-order valence-corrected chi connectivity index (χ4v) is 4.42. The number of aryl methyl sites for hydroxylation is 2. The number of carbonyl (C=O) groups is 2. The number of thiophene rings is 1. The Morgan fingerprint density at radius 3 is 2.64 bits per heavy atom. The molecule has 0 unspecified atom stereocenters. The quantitative estimate of drug-likeness (QED) is 0.660. The lowest BCUT2D eigenvalue weighted by Crippen LogP contribution is -2.31. The molecule has 1 aliphatic rings. The van der Waals surface area contributed by atoms with Crippen molar-refractivity contribution in [3.8, 4) is 0 Å². The number of rotatable bonds is 5. The number of carbonyl (C=O) groups excluding carboxylic acids is 2. The number of hydrogen-bond acceptors (Lipinski definition) is 3. The molecule has 0 saturated carbocycles. The van der Waals surface area contributed by atoms with Crippen molar-refractivity contribution >= 4 is 28.8 Å². The smallest absolute Gasteiger partial charge is 0.255 e. The largest absolute Gasteiger partial charge is 0.326 e. The summed E-state index contributed by atoms with van der Waals surface area (Å²) in [5.41, 5.74) is 4.86. The van der Waals surface area contributed by atoms with E-state index in [2.05, 4.69) is 5.32 Å². The molecule has 0 saturated heterocycles. The minimum Gasteiger partial charge on any atom is -0.326 e. The van der Waals surface area contributed by atoms with Crippen molar-refractivity contribution in [3.05, 3.63) is 87.1 Å². The Labute approximate surface area is 168 Å². The second-order valence-corrected chi connectivity index (χ2v) is 8.15. The van der Waals surface area contributed by atoms with Crippen LogP contribution in [0.2, 0.25) is 0 Å². The number of hydrogen-bond donors (Lipinski definition) is 1. The summed E-state index contributed by atoms with van der Waals surface area (Å²) in [5.74, 6) is -0.0987. The molecule has 1 N–H and O–H groups in total. The van der Waals surface area contributed by atoms with Crippen molar-refractivity contribution < 1.29 is 9.59 Å². The van der Waals surface area contributed by atoms with Gasteiger partial charge in [0, 0.05) is 22.7 Å². The molecule has 3 aromatic rings. The monoisotopic (exact) mass is 390 g/mol. The van der Waals surface area contributed by atoms with Gasteiger partial charge in [-0.15, -0.1) is 11.3 Å². The molecule has 2 heterocycles. The molecule has 0 aliphatic carbocycles. The van der Waals surface area contributed by atoms with E-state index in [4.69, 9.17) is 0 Å². The molecule has 28 heavy (non-hydrogen) atoms. The average molecular weight is 391 g/mol. The van der Waals surface area contributed by atoms with Crippen molar-refractivity contribution in [2.24, 2.45) is 0 Å². The van der Waals surface area contributed by atoms with E-state index in [1.807, 2.05) is 78.7 Å². The lowest BCUT2D eigenvalue weighted by molar-refractivity contribution is -0.117. The normalized spacial score (nSPS) is 14.1. The van der Waals surface area contributed by atoms with E-state index >= 15 is 0 Å². The Balaban J connectivity index is 1.55. The molecular formula is C23H22N2O2S. The summed E-state index contributed by atoms with van der Waals surface area (Å²) in [7, 11) is 0. The highest BCUT2D eigenvalue weighted by Crippen LogP contribution is 2.35. The number of nitrogens with zero attached hydrogens (tertiary/aromatic N) is 1. The first kappa shape index (κ1) is 18.4. The first-order valence-electron chi connectivity index (χ1n) is 9.32. The van der Waals surface area contributed by atoms with E-state index in [1.54, 1.807) is 11.3 Å². The predicted octanol–water partition coefficient (Wildman–Crippen LogP) is 5.09. The first-order chi connectivity index (χ1) is 13.5. The van der Waals surface area contributed by atoms with Gasteiger partial charge in [-0.25, -0.2) is 0 Å². The summed E-state index contributed by atoms with van der Waals surface area (Å²) in [6.07, 6.45) is 0.229. The van der Waals surface area contributed by atoms with Crippen molar-refractivity contribution in [2.45, 2.75) is 32.9 Å². The molecule has 1 aliphatic heterocycles. The zero-order valence-electron chi connectivity index (χ0n) is 15.9. The number of nitrogens with one attached hydrogen (secondary N) is 1. The van der Waals surface area contributed by atoms with E-state index in [-0.39, 0.29) is 24.3 Å². The Kier molecular flexibility index (Phi) is 5.01. The topological polar surface area (TPSA) is 49.4 Å². The lowest BCUT2D eigenvalue weighted by atomic mass is 10.1. The van der Waals surface area contributed by atoms with Gasteiger partial charge in [0.25, 0.3) is 5.91 Å². The molecule has 4 rings (SSSR count). The summed E-state index contributed by atoms with van der Waals surface area (Å²) in [5, 5.41) is 4.97.